The molecule has 0 fully saturated rings. The van der Waals surface area contributed by atoms with Crippen LogP contribution in [0.5, 0.6) is 0 Å². The highest BCUT2D eigenvalue weighted by Gasteiger charge is 2.00. The van der Waals surface area contributed by atoms with Gasteiger partial charge in [0, 0.05) is 6.04 Å². The average molecular weight is 152 g/mol. The molecule has 54 valence electrons. The summed E-state index contributed by atoms with van der Waals surface area (Å²) in [5.74, 6) is -0.891. The first-order valence-electron chi connectivity index (χ1n) is 2.26. The fourth-order valence-electron chi connectivity index (χ4n) is 0.285. The van der Waals surface area contributed by atoms with E-state index in [4.69, 9.17) is 10.8 Å². The molecule has 0 aliphatic rings. The summed E-state index contributed by atoms with van der Waals surface area (Å²) in [6, 6.07) is -0.410. The fraction of sp³-hybridized carbons (Fsp3) is 0.400. The SMILES string of the molecule is C=C[C@@H](N)CC(=O)O.Cl. The topological polar surface area (TPSA) is 63.3 Å². The first kappa shape index (κ1) is 11.3. The van der Waals surface area contributed by atoms with Gasteiger partial charge in [0.25, 0.3) is 0 Å². The predicted molar refractivity (Wildman–Crippen MR) is 37.7 cm³/mol. The van der Waals surface area contributed by atoms with E-state index in [2.05, 4.69) is 6.58 Å². The molecule has 0 aromatic rings. The van der Waals surface area contributed by atoms with Crippen molar-refractivity contribution in [1.29, 1.82) is 0 Å². The van der Waals surface area contributed by atoms with Gasteiger partial charge in [0.15, 0.2) is 0 Å². The van der Waals surface area contributed by atoms with E-state index in [1.807, 2.05) is 0 Å². The molecule has 0 saturated heterocycles. The smallest absolute Gasteiger partial charge is 0.305 e. The summed E-state index contributed by atoms with van der Waals surface area (Å²) < 4.78 is 0. The second kappa shape index (κ2) is 5.59. The molecule has 0 spiro atoms. The lowest BCUT2D eigenvalue weighted by molar-refractivity contribution is -0.137. The standard InChI is InChI=1S/C5H9NO2.ClH/c1-2-4(6)3-5(7)8;/h2,4H,1,3,6H2,(H,7,8);1H/t4-;/m1./s1. The van der Waals surface area contributed by atoms with Crippen molar-refractivity contribution in [2.45, 2.75) is 12.5 Å². The van der Waals surface area contributed by atoms with Gasteiger partial charge in [-0.1, -0.05) is 6.08 Å². The quantitative estimate of drug-likeness (QED) is 0.574. The van der Waals surface area contributed by atoms with Crippen LogP contribution in [0.2, 0.25) is 0 Å². The molecule has 0 saturated carbocycles. The third kappa shape index (κ3) is 7.46. The number of carbonyl (C=O) groups is 1. The Balaban J connectivity index is 0. The zero-order valence-corrected chi connectivity index (χ0v) is 5.73. The van der Waals surface area contributed by atoms with Crippen molar-refractivity contribution in [3.63, 3.8) is 0 Å². The Morgan fingerprint density at radius 3 is 2.44 bits per heavy atom. The molecule has 4 heteroatoms. The lowest BCUT2D eigenvalue weighted by Gasteiger charge is -1.97. The van der Waals surface area contributed by atoms with Crippen LogP contribution in [0, 0.1) is 0 Å². The van der Waals surface area contributed by atoms with Crippen molar-refractivity contribution in [1.82, 2.24) is 0 Å². The van der Waals surface area contributed by atoms with Gasteiger partial charge >= 0.3 is 5.97 Å². The Hall–Kier alpha value is -0.540. The largest absolute Gasteiger partial charge is 0.481 e. The van der Waals surface area contributed by atoms with Gasteiger partial charge in [-0.25, -0.2) is 0 Å². The number of halogens is 1. The van der Waals surface area contributed by atoms with E-state index in [0.29, 0.717) is 0 Å². The minimum atomic E-state index is -0.891. The zero-order valence-electron chi connectivity index (χ0n) is 4.91. The van der Waals surface area contributed by atoms with E-state index in [-0.39, 0.29) is 18.8 Å². The van der Waals surface area contributed by atoms with Crippen LogP contribution >= 0.6 is 12.4 Å². The van der Waals surface area contributed by atoms with Gasteiger partial charge in [-0.3, -0.25) is 4.79 Å². The molecule has 0 bridgehead atoms. The van der Waals surface area contributed by atoms with E-state index in [1.54, 1.807) is 0 Å². The molecule has 0 aromatic heterocycles. The van der Waals surface area contributed by atoms with Gasteiger partial charge in [0.2, 0.25) is 0 Å². The van der Waals surface area contributed by atoms with Crippen LogP contribution in [-0.4, -0.2) is 17.1 Å². The Labute approximate surface area is 60.0 Å². The van der Waals surface area contributed by atoms with Crippen LogP contribution in [0.25, 0.3) is 0 Å². The highest BCUT2D eigenvalue weighted by molar-refractivity contribution is 5.85. The maximum absolute atomic E-state index is 9.84. The van der Waals surface area contributed by atoms with Gasteiger partial charge in [0.1, 0.15) is 0 Å². The number of carboxylic acid groups (broad SMARTS) is 1. The Morgan fingerprint density at radius 2 is 2.33 bits per heavy atom. The highest BCUT2D eigenvalue weighted by Crippen LogP contribution is 1.86. The maximum Gasteiger partial charge on any atom is 0.305 e. The first-order chi connectivity index (χ1) is 3.66. The summed E-state index contributed by atoms with van der Waals surface area (Å²) in [5.41, 5.74) is 5.18. The second-order valence-electron chi connectivity index (χ2n) is 1.50. The summed E-state index contributed by atoms with van der Waals surface area (Å²) in [7, 11) is 0. The summed E-state index contributed by atoms with van der Waals surface area (Å²) >= 11 is 0. The van der Waals surface area contributed by atoms with E-state index >= 15 is 0 Å². The molecule has 9 heavy (non-hydrogen) atoms. The average Bonchev–Trinajstić information content (AvgIpc) is 1.65. The van der Waals surface area contributed by atoms with Crippen molar-refractivity contribution in [3.8, 4) is 0 Å². The van der Waals surface area contributed by atoms with Gasteiger partial charge < -0.3 is 10.8 Å². The van der Waals surface area contributed by atoms with Crippen LogP contribution in [0.3, 0.4) is 0 Å². The van der Waals surface area contributed by atoms with Crippen LogP contribution < -0.4 is 5.73 Å². The maximum atomic E-state index is 9.84. The first-order valence-corrected chi connectivity index (χ1v) is 2.26. The number of carboxylic acids is 1. The van der Waals surface area contributed by atoms with Gasteiger partial charge in [-0.2, -0.15) is 0 Å². The Morgan fingerprint density at radius 1 is 1.89 bits per heavy atom. The molecule has 0 heterocycles. The summed E-state index contributed by atoms with van der Waals surface area (Å²) in [5, 5.41) is 8.09. The number of aliphatic carboxylic acids is 1. The van der Waals surface area contributed by atoms with Crippen molar-refractivity contribution in [2.75, 3.05) is 0 Å². The van der Waals surface area contributed by atoms with Gasteiger partial charge in [-0.15, -0.1) is 19.0 Å². The highest BCUT2D eigenvalue weighted by atomic mass is 35.5. The molecule has 1 atom stereocenters. The van der Waals surface area contributed by atoms with Crippen molar-refractivity contribution in [3.05, 3.63) is 12.7 Å². The second-order valence-corrected chi connectivity index (χ2v) is 1.50. The lowest BCUT2D eigenvalue weighted by atomic mass is 10.2. The number of rotatable bonds is 3. The Bertz CT molecular complexity index is 105. The number of hydrogen-bond acceptors (Lipinski definition) is 2. The predicted octanol–water partition coefficient (Wildman–Crippen LogP) is 0.396. The molecule has 0 amide bonds. The van der Waals surface area contributed by atoms with Crippen LogP contribution in [0.15, 0.2) is 12.7 Å². The zero-order chi connectivity index (χ0) is 6.57. The molecule has 0 unspecified atom stereocenters. The fourth-order valence-corrected chi connectivity index (χ4v) is 0.285. The molecule has 0 radical (unpaired) electrons. The van der Waals surface area contributed by atoms with E-state index in [0.717, 1.165) is 0 Å². The summed E-state index contributed by atoms with van der Waals surface area (Å²) in [6.07, 6.45) is 1.37. The minimum Gasteiger partial charge on any atom is -0.481 e. The van der Waals surface area contributed by atoms with Crippen molar-refractivity contribution < 1.29 is 9.90 Å². The summed E-state index contributed by atoms with van der Waals surface area (Å²) in [6.45, 7) is 3.33. The third-order valence-corrected chi connectivity index (χ3v) is 0.713. The van der Waals surface area contributed by atoms with E-state index in [1.165, 1.54) is 6.08 Å². The number of nitrogens with two attached hydrogens (primary N) is 1. The number of hydrogen-bond donors (Lipinski definition) is 2. The molecule has 0 rings (SSSR count). The molecule has 0 aliphatic carbocycles. The van der Waals surface area contributed by atoms with Crippen LogP contribution in [0.4, 0.5) is 0 Å². The molecular formula is C5H10ClNO2. The Kier molecular flexibility index (Phi) is 7.01. The van der Waals surface area contributed by atoms with E-state index in [9.17, 15) is 4.79 Å². The van der Waals surface area contributed by atoms with E-state index < -0.39 is 12.0 Å². The normalized spacial score (nSPS) is 11.2. The molecule has 3 N–H and O–H groups in total. The molecule has 0 aliphatic heterocycles. The van der Waals surface area contributed by atoms with Gasteiger partial charge in [0.05, 0.1) is 6.42 Å². The van der Waals surface area contributed by atoms with Crippen molar-refractivity contribution in [2.24, 2.45) is 5.73 Å². The van der Waals surface area contributed by atoms with Crippen LogP contribution in [-0.2, 0) is 4.79 Å². The van der Waals surface area contributed by atoms with Crippen LogP contribution in [0.1, 0.15) is 6.42 Å². The lowest BCUT2D eigenvalue weighted by Crippen LogP contribution is -2.20. The molecule has 0 aromatic carbocycles. The van der Waals surface area contributed by atoms with Crippen molar-refractivity contribution >= 4 is 18.4 Å². The summed E-state index contributed by atoms with van der Waals surface area (Å²) in [4.78, 5) is 9.84. The third-order valence-electron chi connectivity index (χ3n) is 0.713. The molecule has 3 nitrogen and oxygen atoms in total. The monoisotopic (exact) mass is 151 g/mol. The molecular weight excluding hydrogens is 142 g/mol. The van der Waals surface area contributed by atoms with Gasteiger partial charge in [-0.05, 0) is 0 Å². The minimum absolute atomic E-state index is 0.